The van der Waals surface area contributed by atoms with Crippen LogP contribution in [0.1, 0.15) is 48.7 Å². The molecular formula is C15H22N2O3. The highest BCUT2D eigenvalue weighted by Gasteiger charge is 2.28. The Balaban J connectivity index is 2.18. The molecule has 1 aromatic heterocycles. The Morgan fingerprint density at radius 3 is 2.60 bits per heavy atom. The Hall–Kier alpha value is -1.62. The van der Waals surface area contributed by atoms with Gasteiger partial charge in [0.05, 0.1) is 11.7 Å². The molecule has 1 saturated carbocycles. The SMILES string of the molecule is CC(C)c1cc(C(=O)O)cc(N(C)CC2CC(O)C2)n1. The third-order valence-corrected chi connectivity index (χ3v) is 3.80. The van der Waals surface area contributed by atoms with Crippen LogP contribution in [-0.4, -0.2) is 40.9 Å². The first-order valence-corrected chi connectivity index (χ1v) is 7.01. The van der Waals surface area contributed by atoms with Crippen molar-refractivity contribution in [3.8, 4) is 0 Å². The van der Waals surface area contributed by atoms with Crippen LogP contribution in [0.25, 0.3) is 0 Å². The van der Waals surface area contributed by atoms with Crippen LogP contribution in [0.15, 0.2) is 12.1 Å². The summed E-state index contributed by atoms with van der Waals surface area (Å²) in [4.78, 5) is 17.7. The summed E-state index contributed by atoms with van der Waals surface area (Å²) in [6, 6.07) is 3.25. The van der Waals surface area contributed by atoms with Gasteiger partial charge in [-0.15, -0.1) is 0 Å². The predicted molar refractivity (Wildman–Crippen MR) is 77.3 cm³/mol. The second-order valence-electron chi connectivity index (χ2n) is 5.97. The van der Waals surface area contributed by atoms with Gasteiger partial charge in [0.25, 0.3) is 0 Å². The molecule has 0 amide bonds. The first kappa shape index (κ1) is 14.8. The average molecular weight is 278 g/mol. The quantitative estimate of drug-likeness (QED) is 0.863. The highest BCUT2D eigenvalue weighted by Crippen LogP contribution is 2.29. The van der Waals surface area contributed by atoms with Gasteiger partial charge in [-0.05, 0) is 36.8 Å². The van der Waals surface area contributed by atoms with Gasteiger partial charge in [0.2, 0.25) is 0 Å². The van der Waals surface area contributed by atoms with Crippen LogP contribution in [-0.2, 0) is 0 Å². The minimum absolute atomic E-state index is 0.169. The maximum absolute atomic E-state index is 11.2. The average Bonchev–Trinajstić information content (AvgIpc) is 2.36. The Labute approximate surface area is 119 Å². The lowest BCUT2D eigenvalue weighted by molar-refractivity contribution is 0.0464. The second-order valence-corrected chi connectivity index (χ2v) is 5.97. The molecule has 0 aliphatic heterocycles. The fourth-order valence-electron chi connectivity index (χ4n) is 2.48. The first-order valence-electron chi connectivity index (χ1n) is 7.01. The van der Waals surface area contributed by atoms with Crippen LogP contribution < -0.4 is 4.90 Å². The summed E-state index contributed by atoms with van der Waals surface area (Å²) >= 11 is 0. The Kier molecular flexibility index (Phi) is 4.28. The van der Waals surface area contributed by atoms with Gasteiger partial charge in [-0.1, -0.05) is 13.8 Å². The van der Waals surface area contributed by atoms with Crippen molar-refractivity contribution >= 4 is 11.8 Å². The van der Waals surface area contributed by atoms with E-state index < -0.39 is 5.97 Å². The van der Waals surface area contributed by atoms with E-state index in [4.69, 9.17) is 0 Å². The number of aromatic nitrogens is 1. The van der Waals surface area contributed by atoms with E-state index in [2.05, 4.69) is 4.98 Å². The first-order chi connectivity index (χ1) is 9.36. The van der Waals surface area contributed by atoms with Crippen LogP contribution >= 0.6 is 0 Å². The molecule has 0 saturated heterocycles. The van der Waals surface area contributed by atoms with E-state index in [-0.39, 0.29) is 17.6 Å². The summed E-state index contributed by atoms with van der Waals surface area (Å²) in [6.45, 7) is 4.80. The summed E-state index contributed by atoms with van der Waals surface area (Å²) in [5, 5.41) is 18.5. The van der Waals surface area contributed by atoms with Crippen LogP contribution in [0.3, 0.4) is 0 Å². The van der Waals surface area contributed by atoms with Crippen molar-refractivity contribution in [2.24, 2.45) is 5.92 Å². The number of rotatable bonds is 5. The zero-order valence-corrected chi connectivity index (χ0v) is 12.2. The number of aliphatic hydroxyl groups excluding tert-OH is 1. The van der Waals surface area contributed by atoms with E-state index in [1.54, 1.807) is 12.1 Å². The number of nitrogens with zero attached hydrogens (tertiary/aromatic N) is 2. The standard InChI is InChI=1S/C15H22N2O3/c1-9(2)13-6-11(15(19)20)7-14(16-13)17(3)8-10-4-12(18)5-10/h6-7,9-10,12,18H,4-5,8H2,1-3H3,(H,19,20). The van der Waals surface area contributed by atoms with Crippen molar-refractivity contribution in [3.05, 3.63) is 23.4 Å². The lowest BCUT2D eigenvalue weighted by atomic mass is 9.82. The van der Waals surface area contributed by atoms with Crippen LogP contribution in [0.4, 0.5) is 5.82 Å². The molecule has 1 aliphatic carbocycles. The highest BCUT2D eigenvalue weighted by molar-refractivity contribution is 5.88. The zero-order valence-electron chi connectivity index (χ0n) is 12.2. The van der Waals surface area contributed by atoms with Crippen LogP contribution in [0.2, 0.25) is 0 Å². The van der Waals surface area contributed by atoms with Crippen molar-refractivity contribution in [1.82, 2.24) is 4.98 Å². The number of pyridine rings is 1. The molecule has 5 nitrogen and oxygen atoms in total. The van der Waals surface area contributed by atoms with Gasteiger partial charge in [0, 0.05) is 19.3 Å². The molecule has 1 aliphatic rings. The molecule has 0 spiro atoms. The topological polar surface area (TPSA) is 73.7 Å². The van der Waals surface area contributed by atoms with E-state index in [1.807, 2.05) is 25.8 Å². The van der Waals surface area contributed by atoms with Crippen molar-refractivity contribution in [2.45, 2.75) is 38.7 Å². The molecular weight excluding hydrogens is 256 g/mol. The van der Waals surface area contributed by atoms with Gasteiger partial charge in [0.15, 0.2) is 0 Å². The van der Waals surface area contributed by atoms with E-state index in [0.717, 1.165) is 25.1 Å². The largest absolute Gasteiger partial charge is 0.478 e. The van der Waals surface area contributed by atoms with E-state index in [1.165, 1.54) is 0 Å². The molecule has 0 unspecified atom stereocenters. The van der Waals surface area contributed by atoms with E-state index in [9.17, 15) is 15.0 Å². The van der Waals surface area contributed by atoms with Gasteiger partial charge in [0.1, 0.15) is 5.82 Å². The minimum Gasteiger partial charge on any atom is -0.478 e. The van der Waals surface area contributed by atoms with Crippen molar-refractivity contribution in [1.29, 1.82) is 0 Å². The maximum atomic E-state index is 11.2. The monoisotopic (exact) mass is 278 g/mol. The van der Waals surface area contributed by atoms with E-state index in [0.29, 0.717) is 11.7 Å². The fourth-order valence-corrected chi connectivity index (χ4v) is 2.48. The zero-order chi connectivity index (χ0) is 14.9. The number of aromatic carboxylic acids is 1. The van der Waals surface area contributed by atoms with Gasteiger partial charge in [-0.25, -0.2) is 9.78 Å². The molecule has 0 atom stereocenters. The summed E-state index contributed by atoms with van der Waals surface area (Å²) in [5.41, 5.74) is 1.07. The number of carbonyl (C=O) groups is 1. The number of aliphatic hydroxyl groups is 1. The molecule has 0 bridgehead atoms. The lowest BCUT2D eigenvalue weighted by Gasteiger charge is -2.35. The number of anilines is 1. The smallest absolute Gasteiger partial charge is 0.335 e. The van der Waals surface area contributed by atoms with Crippen LogP contribution in [0.5, 0.6) is 0 Å². The van der Waals surface area contributed by atoms with Gasteiger partial charge in [-0.2, -0.15) is 0 Å². The maximum Gasteiger partial charge on any atom is 0.335 e. The molecule has 0 radical (unpaired) electrons. The minimum atomic E-state index is -0.928. The predicted octanol–water partition coefficient (Wildman–Crippen LogP) is 2.11. The summed E-state index contributed by atoms with van der Waals surface area (Å²) < 4.78 is 0. The number of carboxylic acids is 1. The lowest BCUT2D eigenvalue weighted by Crippen LogP contribution is -2.37. The molecule has 110 valence electrons. The van der Waals surface area contributed by atoms with Crippen LogP contribution in [0, 0.1) is 5.92 Å². The molecule has 1 heterocycles. The number of carboxylic acid groups (broad SMARTS) is 1. The third-order valence-electron chi connectivity index (χ3n) is 3.80. The molecule has 20 heavy (non-hydrogen) atoms. The summed E-state index contributed by atoms with van der Waals surface area (Å²) in [5.74, 6) is 0.415. The molecule has 2 rings (SSSR count). The molecule has 0 aromatic carbocycles. The number of hydrogen-bond donors (Lipinski definition) is 2. The fraction of sp³-hybridized carbons (Fsp3) is 0.600. The van der Waals surface area contributed by atoms with E-state index >= 15 is 0 Å². The number of hydrogen-bond acceptors (Lipinski definition) is 4. The molecule has 1 fully saturated rings. The Morgan fingerprint density at radius 2 is 2.10 bits per heavy atom. The van der Waals surface area contributed by atoms with Crippen molar-refractivity contribution < 1.29 is 15.0 Å². The van der Waals surface area contributed by atoms with Crippen molar-refractivity contribution in [2.75, 3.05) is 18.5 Å². The Morgan fingerprint density at radius 1 is 1.45 bits per heavy atom. The Bertz CT molecular complexity index is 496. The summed E-state index contributed by atoms with van der Waals surface area (Å²) in [6.07, 6.45) is 1.47. The van der Waals surface area contributed by atoms with Gasteiger partial charge in [-0.3, -0.25) is 0 Å². The summed E-state index contributed by atoms with van der Waals surface area (Å²) in [7, 11) is 1.92. The molecule has 2 N–H and O–H groups in total. The molecule has 5 heteroatoms. The van der Waals surface area contributed by atoms with Crippen molar-refractivity contribution in [3.63, 3.8) is 0 Å². The normalized spacial score (nSPS) is 21.6. The van der Waals surface area contributed by atoms with Gasteiger partial charge >= 0.3 is 5.97 Å². The molecule has 1 aromatic rings. The second kappa shape index (κ2) is 5.79. The highest BCUT2D eigenvalue weighted by atomic mass is 16.4. The van der Waals surface area contributed by atoms with Gasteiger partial charge < -0.3 is 15.1 Å². The third kappa shape index (κ3) is 3.28.